The first-order valence-electron chi connectivity index (χ1n) is 7.45. The zero-order valence-corrected chi connectivity index (χ0v) is 15.5. The maximum Gasteiger partial charge on any atom is 0.173 e. The summed E-state index contributed by atoms with van der Waals surface area (Å²) in [5.74, 6) is 2.64. The number of fused-ring (bicyclic) bond motifs is 1. The van der Waals surface area contributed by atoms with Crippen LogP contribution in [0.4, 0.5) is 0 Å². The highest BCUT2D eigenvalue weighted by Crippen LogP contribution is 2.29. The zero-order chi connectivity index (χ0) is 17.1. The van der Waals surface area contributed by atoms with E-state index in [0.29, 0.717) is 11.9 Å². The molecule has 0 unspecified atom stereocenters. The second-order valence-electron chi connectivity index (χ2n) is 5.40. The lowest BCUT2D eigenvalue weighted by molar-refractivity contribution is 0.653. The quantitative estimate of drug-likeness (QED) is 0.503. The van der Waals surface area contributed by atoms with Gasteiger partial charge in [-0.05, 0) is 37.1 Å². The molecule has 0 amide bonds. The van der Waals surface area contributed by atoms with E-state index < -0.39 is 0 Å². The Morgan fingerprint density at radius 2 is 2.25 bits per heavy atom. The van der Waals surface area contributed by atoms with E-state index in [1.54, 1.807) is 6.33 Å². The summed E-state index contributed by atoms with van der Waals surface area (Å²) in [7, 11) is 0. The lowest BCUT2D eigenvalue weighted by Gasteiger charge is -2.04. The van der Waals surface area contributed by atoms with Gasteiger partial charge in [-0.2, -0.15) is 0 Å². The van der Waals surface area contributed by atoms with Crippen LogP contribution in [0.1, 0.15) is 18.4 Å². The van der Waals surface area contributed by atoms with Gasteiger partial charge in [-0.15, -0.1) is 12.3 Å². The van der Waals surface area contributed by atoms with Gasteiger partial charge in [-0.1, -0.05) is 27.7 Å². The van der Waals surface area contributed by atoms with Gasteiger partial charge in [-0.25, -0.2) is 9.97 Å². The van der Waals surface area contributed by atoms with Crippen LogP contribution in [0.3, 0.4) is 0 Å². The number of halogens is 1. The summed E-state index contributed by atoms with van der Waals surface area (Å²) in [4.78, 5) is 13.1. The molecule has 0 atom stereocenters. The fraction of sp³-hybridized carbons (Fsp3) is 0.235. The van der Waals surface area contributed by atoms with Gasteiger partial charge in [0.2, 0.25) is 0 Å². The molecule has 0 radical (unpaired) electrons. The van der Waals surface area contributed by atoms with Crippen LogP contribution in [-0.2, 0) is 6.54 Å². The standard InChI is InChI=1S/C17H16BrN5S/c1-3-4-5-6-23-10-20-15(19)14-16(23)22-17(21-14)24-13-8-11(2)7-12(18)9-13/h1,7-10,19H,4-6H2,2H3,(H,21,22). The zero-order valence-electron chi connectivity index (χ0n) is 13.1. The monoisotopic (exact) mass is 401 g/mol. The molecule has 24 heavy (non-hydrogen) atoms. The average Bonchev–Trinajstić information content (AvgIpc) is 2.93. The van der Waals surface area contributed by atoms with Crippen molar-refractivity contribution >= 4 is 38.9 Å². The third-order valence-electron chi connectivity index (χ3n) is 3.45. The Balaban J connectivity index is 1.95. The van der Waals surface area contributed by atoms with E-state index in [0.717, 1.165) is 33.1 Å². The van der Waals surface area contributed by atoms with E-state index >= 15 is 0 Å². The van der Waals surface area contributed by atoms with Crippen molar-refractivity contribution in [2.75, 3.05) is 0 Å². The third kappa shape index (κ3) is 3.71. The molecule has 2 N–H and O–H groups in total. The molecule has 0 bridgehead atoms. The molecule has 0 aliphatic rings. The van der Waals surface area contributed by atoms with Crippen LogP contribution in [0.5, 0.6) is 0 Å². The number of unbranched alkanes of at least 4 members (excludes halogenated alkanes) is 1. The summed E-state index contributed by atoms with van der Waals surface area (Å²) in [5, 5.41) is 8.74. The molecule has 3 aromatic rings. The number of hydrogen-bond acceptors (Lipinski definition) is 4. The molecule has 0 saturated carbocycles. The van der Waals surface area contributed by atoms with Crippen LogP contribution in [-0.4, -0.2) is 19.5 Å². The number of imidazole rings is 1. The van der Waals surface area contributed by atoms with Gasteiger partial charge < -0.3 is 9.55 Å². The Bertz CT molecular complexity index is 963. The smallest absolute Gasteiger partial charge is 0.173 e. The molecule has 7 heteroatoms. The minimum atomic E-state index is 0.197. The van der Waals surface area contributed by atoms with Crippen LogP contribution in [0.25, 0.3) is 11.2 Å². The Morgan fingerprint density at radius 1 is 1.42 bits per heavy atom. The molecular weight excluding hydrogens is 386 g/mol. The van der Waals surface area contributed by atoms with Crippen molar-refractivity contribution in [3.05, 3.63) is 40.1 Å². The summed E-state index contributed by atoms with van der Waals surface area (Å²) in [5.41, 5.74) is 2.76. The number of hydrogen-bond donors (Lipinski definition) is 2. The molecule has 0 saturated heterocycles. The van der Waals surface area contributed by atoms with Crippen molar-refractivity contribution in [1.82, 2.24) is 19.5 Å². The van der Waals surface area contributed by atoms with Crippen LogP contribution in [0, 0.1) is 24.7 Å². The van der Waals surface area contributed by atoms with E-state index in [4.69, 9.17) is 11.8 Å². The summed E-state index contributed by atoms with van der Waals surface area (Å²) < 4.78 is 2.98. The summed E-state index contributed by atoms with van der Waals surface area (Å²) >= 11 is 5.05. The van der Waals surface area contributed by atoms with Crippen LogP contribution < -0.4 is 5.49 Å². The lowest BCUT2D eigenvalue weighted by atomic mass is 10.2. The van der Waals surface area contributed by atoms with E-state index in [9.17, 15) is 0 Å². The highest BCUT2D eigenvalue weighted by molar-refractivity contribution is 9.10. The molecule has 0 fully saturated rings. The number of H-pyrrole nitrogens is 1. The lowest BCUT2D eigenvalue weighted by Crippen LogP contribution is -2.12. The molecule has 1 aromatic carbocycles. The Morgan fingerprint density at radius 3 is 3.00 bits per heavy atom. The predicted molar refractivity (Wildman–Crippen MR) is 98.8 cm³/mol. The van der Waals surface area contributed by atoms with Gasteiger partial charge in [0.1, 0.15) is 5.52 Å². The Hall–Kier alpha value is -2.04. The summed E-state index contributed by atoms with van der Waals surface area (Å²) in [6, 6.07) is 6.21. The third-order valence-corrected chi connectivity index (χ3v) is 4.76. The van der Waals surface area contributed by atoms with Crippen molar-refractivity contribution in [1.29, 1.82) is 5.41 Å². The second-order valence-corrected chi connectivity index (χ2v) is 7.38. The van der Waals surface area contributed by atoms with Crippen molar-refractivity contribution in [2.24, 2.45) is 0 Å². The number of nitrogens with one attached hydrogen (secondary N) is 2. The fourth-order valence-electron chi connectivity index (χ4n) is 2.40. The fourth-order valence-corrected chi connectivity index (χ4v) is 4.10. The molecule has 0 aliphatic carbocycles. The van der Waals surface area contributed by atoms with Gasteiger partial charge in [0.05, 0.1) is 6.33 Å². The number of aromatic nitrogens is 4. The number of rotatable bonds is 5. The maximum absolute atomic E-state index is 7.99. The predicted octanol–water partition coefficient (Wildman–Crippen LogP) is 3.87. The first-order valence-corrected chi connectivity index (χ1v) is 9.06. The van der Waals surface area contributed by atoms with Crippen LogP contribution in [0.15, 0.2) is 39.1 Å². The SMILES string of the molecule is C#CCCCn1cnc(=N)c2[nH]c(Sc3cc(C)cc(Br)c3)nc21. The molecule has 5 nitrogen and oxygen atoms in total. The summed E-state index contributed by atoms with van der Waals surface area (Å²) in [6.45, 7) is 2.79. The normalized spacial score (nSPS) is 10.9. The number of nitrogens with zero attached hydrogens (tertiary/aromatic N) is 3. The maximum atomic E-state index is 7.99. The van der Waals surface area contributed by atoms with E-state index in [2.05, 4.69) is 55.9 Å². The molecule has 0 aliphatic heterocycles. The largest absolute Gasteiger partial charge is 0.328 e. The first kappa shape index (κ1) is 16.8. The van der Waals surface area contributed by atoms with Crippen LogP contribution >= 0.6 is 27.7 Å². The average molecular weight is 402 g/mol. The van der Waals surface area contributed by atoms with E-state index in [-0.39, 0.29) is 5.49 Å². The molecule has 0 spiro atoms. The highest BCUT2D eigenvalue weighted by atomic mass is 79.9. The van der Waals surface area contributed by atoms with Crippen molar-refractivity contribution in [3.63, 3.8) is 0 Å². The second kappa shape index (κ2) is 7.24. The van der Waals surface area contributed by atoms with Gasteiger partial charge in [0, 0.05) is 22.3 Å². The van der Waals surface area contributed by atoms with Crippen molar-refractivity contribution in [2.45, 2.75) is 36.4 Å². The van der Waals surface area contributed by atoms with E-state index in [1.165, 1.54) is 17.3 Å². The van der Waals surface area contributed by atoms with Crippen molar-refractivity contribution < 1.29 is 0 Å². The molecule has 122 valence electrons. The van der Waals surface area contributed by atoms with Gasteiger partial charge in [0.15, 0.2) is 16.3 Å². The minimum Gasteiger partial charge on any atom is -0.328 e. The molecule has 2 heterocycles. The number of terminal acetylenes is 1. The number of benzene rings is 1. The van der Waals surface area contributed by atoms with Crippen molar-refractivity contribution in [3.8, 4) is 12.3 Å². The molecular formula is C17H16BrN5S. The van der Waals surface area contributed by atoms with Gasteiger partial charge >= 0.3 is 0 Å². The Kier molecular flexibility index (Phi) is 5.07. The van der Waals surface area contributed by atoms with Gasteiger partial charge in [-0.3, -0.25) is 5.41 Å². The topological polar surface area (TPSA) is 70.3 Å². The number of aromatic amines is 1. The Labute approximate surface area is 152 Å². The van der Waals surface area contributed by atoms with Crippen LogP contribution in [0.2, 0.25) is 0 Å². The highest BCUT2D eigenvalue weighted by Gasteiger charge is 2.10. The minimum absolute atomic E-state index is 0.197. The first-order chi connectivity index (χ1) is 11.6. The molecule has 2 aromatic heterocycles. The summed E-state index contributed by atoms with van der Waals surface area (Å²) in [6.07, 6.45) is 8.53. The van der Waals surface area contributed by atoms with Gasteiger partial charge in [0.25, 0.3) is 0 Å². The van der Waals surface area contributed by atoms with E-state index in [1.807, 2.05) is 10.6 Å². The number of aryl methyl sites for hydroxylation is 2. The molecule has 3 rings (SSSR count).